The van der Waals surface area contributed by atoms with Gasteiger partial charge in [0, 0.05) is 51.3 Å². The predicted molar refractivity (Wildman–Crippen MR) is 163 cm³/mol. The molecule has 41 heavy (non-hydrogen) atoms. The average Bonchev–Trinajstić information content (AvgIpc) is 3.39. The van der Waals surface area contributed by atoms with E-state index < -0.39 is 9.84 Å². The third-order valence-electron chi connectivity index (χ3n) is 8.06. The molecule has 3 heterocycles. The molecule has 0 radical (unpaired) electrons. The lowest BCUT2D eigenvalue weighted by Gasteiger charge is -2.35. The maximum Gasteiger partial charge on any atom is 0.256 e. The van der Waals surface area contributed by atoms with E-state index >= 15 is 0 Å². The summed E-state index contributed by atoms with van der Waals surface area (Å²) >= 11 is 12.5. The first kappa shape index (κ1) is 29.4. The lowest BCUT2D eigenvalue weighted by atomic mass is 10.0. The second-order valence-electron chi connectivity index (χ2n) is 10.8. The van der Waals surface area contributed by atoms with Gasteiger partial charge in [0.25, 0.3) is 11.8 Å². The Hall–Kier alpha value is -3.11. The Morgan fingerprint density at radius 1 is 1.12 bits per heavy atom. The number of likely N-dealkylation sites (tertiary alicyclic amines) is 1. The highest BCUT2D eigenvalue weighted by Crippen LogP contribution is 2.37. The first-order chi connectivity index (χ1) is 19.4. The van der Waals surface area contributed by atoms with Crippen LogP contribution in [-0.2, 0) is 20.4 Å². The molecule has 5 rings (SSSR count). The zero-order valence-electron chi connectivity index (χ0n) is 23.3. The van der Waals surface area contributed by atoms with Crippen molar-refractivity contribution in [3.63, 3.8) is 0 Å². The summed E-state index contributed by atoms with van der Waals surface area (Å²) in [4.78, 5) is 33.9. The van der Waals surface area contributed by atoms with Crippen LogP contribution in [0.3, 0.4) is 0 Å². The second kappa shape index (κ2) is 11.3. The molecule has 0 saturated carbocycles. The monoisotopic (exact) mass is 614 g/mol. The van der Waals surface area contributed by atoms with Gasteiger partial charge in [-0.05, 0) is 88.8 Å². The fraction of sp³-hybridized carbons (Fsp3) is 0.333. The van der Waals surface area contributed by atoms with E-state index in [1.165, 1.54) is 12.1 Å². The Bertz CT molecular complexity index is 1670. The van der Waals surface area contributed by atoms with Crippen LogP contribution in [0.4, 0.5) is 5.69 Å². The van der Waals surface area contributed by atoms with Gasteiger partial charge in [-0.1, -0.05) is 29.3 Å². The van der Waals surface area contributed by atoms with Gasteiger partial charge >= 0.3 is 0 Å². The van der Waals surface area contributed by atoms with Crippen LogP contribution >= 0.6 is 23.2 Å². The molecule has 11 heteroatoms. The minimum absolute atomic E-state index is 0.0460. The Kier molecular flexibility index (Phi) is 8.09. The highest BCUT2D eigenvalue weighted by atomic mass is 35.5. The van der Waals surface area contributed by atoms with Crippen LogP contribution in [0.25, 0.3) is 11.6 Å². The number of amides is 2. The summed E-state index contributed by atoms with van der Waals surface area (Å²) in [5.41, 5.74) is 4.26. The van der Waals surface area contributed by atoms with E-state index in [2.05, 4.69) is 22.2 Å². The average molecular weight is 616 g/mol. The molecule has 0 spiro atoms. The number of hydrogen-bond donors (Lipinski definition) is 2. The van der Waals surface area contributed by atoms with E-state index in [1.54, 1.807) is 30.3 Å². The van der Waals surface area contributed by atoms with Crippen LogP contribution in [0.2, 0.25) is 10.0 Å². The Balaban J connectivity index is 1.46. The first-order valence-electron chi connectivity index (χ1n) is 13.4. The lowest BCUT2D eigenvalue weighted by Crippen LogP contribution is -2.44. The number of carbonyl (C=O) groups is 2. The molecule has 0 unspecified atom stereocenters. The number of halogens is 2. The number of nitrogens with zero attached hydrogens (tertiary/aromatic N) is 2. The third-order valence-corrected chi connectivity index (χ3v) is 10.4. The van der Waals surface area contributed by atoms with Crippen LogP contribution < -0.4 is 5.32 Å². The zero-order valence-corrected chi connectivity index (χ0v) is 25.7. The molecule has 2 aromatic carbocycles. The lowest BCUT2D eigenvalue weighted by molar-refractivity contribution is -0.110. The number of sulfone groups is 1. The van der Waals surface area contributed by atoms with Crippen molar-refractivity contribution in [2.45, 2.75) is 43.4 Å². The van der Waals surface area contributed by atoms with Crippen molar-refractivity contribution in [2.24, 2.45) is 0 Å². The number of aromatic amines is 1. The number of aromatic nitrogens is 1. The molecule has 8 nitrogen and oxygen atoms in total. The summed E-state index contributed by atoms with van der Waals surface area (Å²) in [6.07, 6.45) is 3.52. The van der Waals surface area contributed by atoms with Crippen LogP contribution in [0.1, 0.15) is 51.3 Å². The molecule has 2 N–H and O–H groups in total. The summed E-state index contributed by atoms with van der Waals surface area (Å²) < 4.78 is 26.7. The van der Waals surface area contributed by atoms with Crippen LogP contribution in [0.5, 0.6) is 0 Å². The number of anilines is 1. The van der Waals surface area contributed by atoms with E-state index in [9.17, 15) is 18.0 Å². The molecule has 0 bridgehead atoms. The van der Waals surface area contributed by atoms with E-state index in [4.69, 9.17) is 23.2 Å². The SMILES string of the molecule is Cc1[nH]c(C=C2C(=O)Nc3ccc(S(=O)(=O)Cc4c(Cl)cccc4Cl)cc32)c(C)c1C(=O)N(C)C1CCN(C)CC1. The van der Waals surface area contributed by atoms with Crippen molar-refractivity contribution in [3.05, 3.63) is 80.1 Å². The molecule has 1 saturated heterocycles. The molecule has 0 aliphatic carbocycles. The minimum atomic E-state index is -3.84. The Labute approximate surface area is 250 Å². The molecule has 2 aliphatic heterocycles. The van der Waals surface area contributed by atoms with E-state index in [1.807, 2.05) is 25.8 Å². The third kappa shape index (κ3) is 5.68. The second-order valence-corrected chi connectivity index (χ2v) is 13.6. The fourth-order valence-corrected chi connectivity index (χ4v) is 7.68. The molecule has 3 aromatic rings. The van der Waals surface area contributed by atoms with Crippen molar-refractivity contribution in [1.29, 1.82) is 0 Å². The molecule has 216 valence electrons. The first-order valence-corrected chi connectivity index (χ1v) is 15.8. The molecule has 1 aromatic heterocycles. The summed E-state index contributed by atoms with van der Waals surface area (Å²) in [6.45, 7) is 5.59. The van der Waals surface area contributed by atoms with Gasteiger partial charge in [0.2, 0.25) is 0 Å². The van der Waals surface area contributed by atoms with E-state index in [0.717, 1.165) is 31.5 Å². The van der Waals surface area contributed by atoms with Crippen molar-refractivity contribution >= 4 is 62.2 Å². The van der Waals surface area contributed by atoms with Crippen LogP contribution in [0.15, 0.2) is 41.3 Å². The van der Waals surface area contributed by atoms with Gasteiger partial charge in [-0.2, -0.15) is 0 Å². The summed E-state index contributed by atoms with van der Waals surface area (Å²) in [5.74, 6) is -0.791. The van der Waals surface area contributed by atoms with E-state index in [0.29, 0.717) is 39.3 Å². The van der Waals surface area contributed by atoms with Gasteiger partial charge in [0.05, 0.1) is 21.8 Å². The van der Waals surface area contributed by atoms with Gasteiger partial charge in [0.1, 0.15) is 0 Å². The van der Waals surface area contributed by atoms with Gasteiger partial charge in [-0.25, -0.2) is 8.42 Å². The number of aryl methyl sites for hydroxylation is 1. The van der Waals surface area contributed by atoms with Gasteiger partial charge in [-0.3, -0.25) is 9.59 Å². The largest absolute Gasteiger partial charge is 0.358 e. The molecule has 2 aliphatic rings. The van der Waals surface area contributed by atoms with Crippen molar-refractivity contribution in [3.8, 4) is 0 Å². The molecule has 1 fully saturated rings. The quantitative estimate of drug-likeness (QED) is 0.353. The van der Waals surface area contributed by atoms with Crippen LogP contribution in [-0.4, -0.2) is 68.2 Å². The summed E-state index contributed by atoms with van der Waals surface area (Å²) in [5, 5.41) is 3.34. The van der Waals surface area contributed by atoms with Crippen molar-refractivity contribution < 1.29 is 18.0 Å². The highest BCUT2D eigenvalue weighted by molar-refractivity contribution is 7.90. The molecular weight excluding hydrogens is 583 g/mol. The number of hydrogen-bond acceptors (Lipinski definition) is 5. The highest BCUT2D eigenvalue weighted by Gasteiger charge is 2.30. The summed E-state index contributed by atoms with van der Waals surface area (Å²) in [6, 6.07) is 9.54. The number of nitrogens with one attached hydrogen (secondary N) is 2. The molecular formula is C30H32Cl2N4O4S. The maximum absolute atomic E-state index is 13.5. The number of fused-ring (bicyclic) bond motifs is 1. The maximum atomic E-state index is 13.5. The standard InChI is InChI=1S/C30H32Cl2N4O4S/c1-17-27(33-18(2)28(17)30(38)36(4)19-10-12-35(3)13-11-19)15-22-21-14-20(8-9-26(21)34-29(22)37)41(39,40)16-23-24(31)6-5-7-25(23)32/h5-9,14-15,19,33H,10-13,16H2,1-4H3,(H,34,37). The number of piperidine rings is 1. The fourth-order valence-electron chi connectivity index (χ4n) is 5.56. The summed E-state index contributed by atoms with van der Waals surface area (Å²) in [7, 11) is 0.0981. The van der Waals surface area contributed by atoms with Crippen LogP contribution in [0, 0.1) is 13.8 Å². The Morgan fingerprint density at radius 3 is 2.44 bits per heavy atom. The van der Waals surface area contributed by atoms with Crippen molar-refractivity contribution in [1.82, 2.24) is 14.8 Å². The molecule has 2 amide bonds. The molecule has 0 atom stereocenters. The number of carbonyl (C=O) groups excluding carboxylic acids is 2. The normalized spacial score (nSPS) is 17.1. The number of rotatable bonds is 6. The minimum Gasteiger partial charge on any atom is -0.358 e. The van der Waals surface area contributed by atoms with Gasteiger partial charge in [-0.15, -0.1) is 0 Å². The Morgan fingerprint density at radius 2 is 1.78 bits per heavy atom. The number of benzene rings is 2. The van der Waals surface area contributed by atoms with E-state index in [-0.39, 0.29) is 38.5 Å². The topological polar surface area (TPSA) is 103 Å². The smallest absolute Gasteiger partial charge is 0.256 e. The predicted octanol–water partition coefficient (Wildman–Crippen LogP) is 5.57. The zero-order chi connectivity index (χ0) is 29.6. The number of H-pyrrole nitrogens is 1. The van der Waals surface area contributed by atoms with Gasteiger partial charge < -0.3 is 20.1 Å². The van der Waals surface area contributed by atoms with Gasteiger partial charge in [0.15, 0.2) is 9.84 Å². The van der Waals surface area contributed by atoms with Crippen molar-refractivity contribution in [2.75, 3.05) is 32.5 Å².